The van der Waals surface area contributed by atoms with Crippen LogP contribution in [0.4, 0.5) is 39.5 Å². The molecule has 1 aliphatic heterocycles. The van der Waals surface area contributed by atoms with Crippen molar-refractivity contribution in [3.05, 3.63) is 70.3 Å². The van der Waals surface area contributed by atoms with Crippen LogP contribution in [0.25, 0.3) is 0 Å². The number of carboxylic acid groups (broad SMARTS) is 1. The molecule has 1 N–H and O–H groups in total. The molecule has 2 unspecified atom stereocenters. The summed E-state index contributed by atoms with van der Waals surface area (Å²) in [4.78, 5) is 12.5. The largest absolute Gasteiger partial charge is 0.481 e. The standard InChI is InChI=1S/C23H20F9NO2/c24-21(25,26)16-3-1-2-14(10-16)19-8-13(9-20(34)35)6-7-33(19)12-15-11-17(22(27,28)29)4-5-18(15)23(30,31)32/h1-5,10-11,13,19H,6-9,12H2,(H,34,35). The van der Waals surface area contributed by atoms with Gasteiger partial charge < -0.3 is 5.11 Å². The van der Waals surface area contributed by atoms with Gasteiger partial charge in [0.05, 0.1) is 16.7 Å². The van der Waals surface area contributed by atoms with Crippen LogP contribution in [0.15, 0.2) is 42.5 Å². The molecule has 0 amide bonds. The first kappa shape index (κ1) is 26.8. The maximum absolute atomic E-state index is 13.6. The van der Waals surface area contributed by atoms with E-state index in [1.165, 1.54) is 11.0 Å². The maximum Gasteiger partial charge on any atom is 0.416 e. The molecule has 3 nitrogen and oxygen atoms in total. The SMILES string of the molecule is O=C(O)CC1CCN(Cc2cc(C(F)(F)F)ccc2C(F)(F)F)C(c2cccc(C(F)(F)F)c2)C1. The van der Waals surface area contributed by atoms with Gasteiger partial charge in [-0.3, -0.25) is 9.69 Å². The predicted octanol–water partition coefficient (Wildman–Crippen LogP) is 7.17. The molecule has 1 heterocycles. The summed E-state index contributed by atoms with van der Waals surface area (Å²) in [5.74, 6) is -1.60. The molecule has 2 aromatic rings. The topological polar surface area (TPSA) is 40.5 Å². The fourth-order valence-corrected chi connectivity index (χ4v) is 4.37. The molecule has 0 spiro atoms. The molecule has 0 bridgehead atoms. The number of carboxylic acids is 1. The molecule has 0 radical (unpaired) electrons. The number of nitrogens with zero attached hydrogens (tertiary/aromatic N) is 1. The van der Waals surface area contributed by atoms with E-state index in [1.54, 1.807) is 0 Å². The van der Waals surface area contributed by atoms with Crippen molar-refractivity contribution in [1.29, 1.82) is 0 Å². The Hall–Kier alpha value is -2.76. The second kappa shape index (κ2) is 9.71. The minimum absolute atomic E-state index is 0.00754. The third-order valence-electron chi connectivity index (χ3n) is 6.00. The van der Waals surface area contributed by atoms with Crippen molar-refractivity contribution in [2.75, 3.05) is 6.54 Å². The predicted molar refractivity (Wildman–Crippen MR) is 106 cm³/mol. The van der Waals surface area contributed by atoms with E-state index in [0.717, 1.165) is 18.2 Å². The van der Waals surface area contributed by atoms with Gasteiger partial charge in [0, 0.05) is 19.0 Å². The summed E-state index contributed by atoms with van der Waals surface area (Å²) in [6.45, 7) is -0.619. The molecule has 35 heavy (non-hydrogen) atoms. The number of halogens is 9. The van der Waals surface area contributed by atoms with Gasteiger partial charge in [0.1, 0.15) is 0 Å². The number of hydrogen-bond acceptors (Lipinski definition) is 2. The molecule has 1 aliphatic rings. The number of alkyl halides is 9. The second-order valence-electron chi connectivity index (χ2n) is 8.47. The molecule has 0 aromatic heterocycles. The molecule has 2 aromatic carbocycles. The van der Waals surface area contributed by atoms with Crippen molar-refractivity contribution in [3.63, 3.8) is 0 Å². The molecule has 1 saturated heterocycles. The third-order valence-corrected chi connectivity index (χ3v) is 6.00. The van der Waals surface area contributed by atoms with Gasteiger partial charge in [0.15, 0.2) is 0 Å². The van der Waals surface area contributed by atoms with Crippen LogP contribution in [0.2, 0.25) is 0 Å². The van der Waals surface area contributed by atoms with Gasteiger partial charge in [-0.05, 0) is 66.8 Å². The number of piperidine rings is 1. The van der Waals surface area contributed by atoms with Crippen molar-refractivity contribution in [2.24, 2.45) is 5.92 Å². The minimum atomic E-state index is -4.95. The fraction of sp³-hybridized carbons (Fsp3) is 0.435. The van der Waals surface area contributed by atoms with Crippen LogP contribution >= 0.6 is 0 Å². The summed E-state index contributed by atoms with van der Waals surface area (Å²) in [7, 11) is 0. The Morgan fingerprint density at radius 1 is 0.886 bits per heavy atom. The highest BCUT2D eigenvalue weighted by Crippen LogP contribution is 2.42. The van der Waals surface area contributed by atoms with E-state index in [4.69, 9.17) is 5.11 Å². The highest BCUT2D eigenvalue weighted by atomic mass is 19.4. The number of rotatable bonds is 5. The summed E-state index contributed by atoms with van der Waals surface area (Å²) in [6, 6.07) is 4.26. The summed E-state index contributed by atoms with van der Waals surface area (Å²) in [5.41, 5.74) is -4.13. The van der Waals surface area contributed by atoms with Crippen LogP contribution in [-0.4, -0.2) is 22.5 Å². The fourth-order valence-electron chi connectivity index (χ4n) is 4.37. The van der Waals surface area contributed by atoms with Gasteiger partial charge in [0.25, 0.3) is 0 Å². The molecule has 12 heteroatoms. The summed E-state index contributed by atoms with van der Waals surface area (Å²) < 4.78 is 120. The average Bonchev–Trinajstić information content (AvgIpc) is 2.72. The molecule has 1 fully saturated rings. The Morgan fingerprint density at radius 3 is 2.09 bits per heavy atom. The van der Waals surface area contributed by atoms with Crippen LogP contribution in [0.3, 0.4) is 0 Å². The van der Waals surface area contributed by atoms with Gasteiger partial charge >= 0.3 is 24.5 Å². The Labute approximate surface area is 194 Å². The Balaban J connectivity index is 2.03. The van der Waals surface area contributed by atoms with Crippen molar-refractivity contribution in [3.8, 4) is 0 Å². The zero-order valence-corrected chi connectivity index (χ0v) is 17.9. The lowest BCUT2D eigenvalue weighted by Gasteiger charge is -2.40. The second-order valence-corrected chi connectivity index (χ2v) is 8.47. The van der Waals surface area contributed by atoms with E-state index in [0.29, 0.717) is 18.2 Å². The van der Waals surface area contributed by atoms with Crippen LogP contribution in [0.5, 0.6) is 0 Å². The van der Waals surface area contributed by atoms with Gasteiger partial charge in [0.2, 0.25) is 0 Å². The van der Waals surface area contributed by atoms with E-state index in [9.17, 15) is 44.3 Å². The smallest absolute Gasteiger partial charge is 0.416 e. The first-order valence-electron chi connectivity index (χ1n) is 10.5. The maximum atomic E-state index is 13.6. The Bertz CT molecular complexity index is 1060. The minimum Gasteiger partial charge on any atom is -0.481 e. The first-order valence-corrected chi connectivity index (χ1v) is 10.5. The van der Waals surface area contributed by atoms with Crippen molar-refractivity contribution >= 4 is 5.97 Å². The number of carbonyl (C=O) groups is 1. The normalized spacial score (nSPS) is 20.1. The molecular weight excluding hydrogens is 493 g/mol. The van der Waals surface area contributed by atoms with Crippen LogP contribution in [0, 0.1) is 5.92 Å². The van der Waals surface area contributed by atoms with Crippen LogP contribution < -0.4 is 0 Å². The lowest BCUT2D eigenvalue weighted by molar-refractivity contribution is -0.142. The van der Waals surface area contributed by atoms with E-state index in [-0.39, 0.29) is 31.4 Å². The zero-order valence-electron chi connectivity index (χ0n) is 17.9. The number of hydrogen-bond donors (Lipinski definition) is 1. The first-order chi connectivity index (χ1) is 16.1. The molecule has 0 saturated carbocycles. The average molecular weight is 513 g/mol. The van der Waals surface area contributed by atoms with E-state index < -0.39 is 65.3 Å². The monoisotopic (exact) mass is 513 g/mol. The summed E-state index contributed by atoms with van der Waals surface area (Å²) in [5, 5.41) is 9.11. The number of likely N-dealkylation sites (tertiary alicyclic amines) is 1. The van der Waals surface area contributed by atoms with Gasteiger partial charge in [-0.25, -0.2) is 0 Å². The van der Waals surface area contributed by atoms with Gasteiger partial charge in [-0.1, -0.05) is 12.1 Å². The third kappa shape index (κ3) is 6.68. The number of aliphatic carboxylic acids is 1. The molecule has 192 valence electrons. The van der Waals surface area contributed by atoms with Gasteiger partial charge in [-0.2, -0.15) is 39.5 Å². The molecule has 2 atom stereocenters. The van der Waals surface area contributed by atoms with Gasteiger partial charge in [-0.15, -0.1) is 0 Å². The Morgan fingerprint density at radius 2 is 1.51 bits per heavy atom. The molecule has 0 aliphatic carbocycles. The molecule has 3 rings (SSSR count). The highest BCUT2D eigenvalue weighted by Gasteiger charge is 2.39. The van der Waals surface area contributed by atoms with Crippen molar-refractivity contribution in [1.82, 2.24) is 4.90 Å². The van der Waals surface area contributed by atoms with Crippen LogP contribution in [0.1, 0.15) is 53.1 Å². The van der Waals surface area contributed by atoms with Crippen molar-refractivity contribution < 1.29 is 49.4 Å². The lowest BCUT2D eigenvalue weighted by Crippen LogP contribution is -2.37. The van der Waals surface area contributed by atoms with Crippen molar-refractivity contribution in [2.45, 2.75) is 50.4 Å². The summed E-state index contributed by atoms with van der Waals surface area (Å²) >= 11 is 0. The molecular formula is C23H20F9NO2. The van der Waals surface area contributed by atoms with E-state index >= 15 is 0 Å². The zero-order chi connectivity index (χ0) is 26.2. The van der Waals surface area contributed by atoms with E-state index in [1.807, 2.05) is 0 Å². The lowest BCUT2D eigenvalue weighted by atomic mass is 9.84. The summed E-state index contributed by atoms with van der Waals surface area (Å²) in [6.07, 6.45) is -14.6. The quantitative estimate of drug-likeness (QED) is 0.431. The van der Waals surface area contributed by atoms with E-state index in [2.05, 4.69) is 0 Å². The van der Waals surface area contributed by atoms with Crippen LogP contribution in [-0.2, 0) is 29.9 Å². The number of benzene rings is 2. The Kier molecular flexibility index (Phi) is 7.45. The highest BCUT2D eigenvalue weighted by molar-refractivity contribution is 5.67.